The van der Waals surface area contributed by atoms with Crippen molar-refractivity contribution < 1.29 is 0 Å². The molecule has 1 aromatic heterocycles. The van der Waals surface area contributed by atoms with Gasteiger partial charge in [0.2, 0.25) is 0 Å². The summed E-state index contributed by atoms with van der Waals surface area (Å²) in [6, 6.07) is 4.02. The molecule has 0 radical (unpaired) electrons. The normalized spacial score (nSPS) is 11.2. The Morgan fingerprint density at radius 2 is 2.10 bits per heavy atom. The molecule has 0 aromatic carbocycles. The van der Waals surface area contributed by atoms with Gasteiger partial charge in [0.05, 0.1) is 12.2 Å². The summed E-state index contributed by atoms with van der Waals surface area (Å²) >= 11 is 0. The minimum Gasteiger partial charge on any atom is -0.357 e. The molecule has 5 heteroatoms. The van der Waals surface area contributed by atoms with E-state index >= 15 is 0 Å². The number of hydrogen-bond donors (Lipinski definition) is 2. The lowest BCUT2D eigenvalue weighted by Crippen LogP contribution is -2.38. The molecule has 1 heterocycles. The summed E-state index contributed by atoms with van der Waals surface area (Å²) in [4.78, 5) is 8.93. The van der Waals surface area contributed by atoms with Crippen LogP contribution in [0.25, 0.3) is 0 Å². The summed E-state index contributed by atoms with van der Waals surface area (Å²) in [6.07, 6.45) is 2.96. The smallest absolute Gasteiger partial charge is 0.191 e. The number of aromatic nitrogens is 1. The molecule has 0 unspecified atom stereocenters. The minimum atomic E-state index is 0. The van der Waals surface area contributed by atoms with E-state index in [0.717, 1.165) is 31.2 Å². The number of hydrogen-bond acceptors (Lipinski definition) is 2. The number of aryl methyl sites for hydroxylation is 1. The van der Waals surface area contributed by atoms with Crippen LogP contribution >= 0.6 is 24.0 Å². The first-order valence-electron chi connectivity index (χ1n) is 7.06. The van der Waals surface area contributed by atoms with E-state index in [9.17, 15) is 0 Å². The van der Waals surface area contributed by atoms with Gasteiger partial charge in [-0.05, 0) is 37.8 Å². The number of rotatable bonds is 6. The van der Waals surface area contributed by atoms with Gasteiger partial charge in [-0.1, -0.05) is 19.9 Å². The topological polar surface area (TPSA) is 49.3 Å². The molecule has 0 fully saturated rings. The summed E-state index contributed by atoms with van der Waals surface area (Å²) in [5.41, 5.74) is 2.22. The van der Waals surface area contributed by atoms with E-state index in [2.05, 4.69) is 54.4 Å². The van der Waals surface area contributed by atoms with Crippen molar-refractivity contribution in [3.8, 4) is 0 Å². The third-order valence-corrected chi connectivity index (χ3v) is 2.86. The van der Waals surface area contributed by atoms with Crippen LogP contribution in [0, 0.1) is 12.8 Å². The van der Waals surface area contributed by atoms with Crippen molar-refractivity contribution in [2.45, 2.75) is 40.7 Å². The molecule has 2 N–H and O–H groups in total. The van der Waals surface area contributed by atoms with E-state index < -0.39 is 0 Å². The van der Waals surface area contributed by atoms with Crippen molar-refractivity contribution in [3.63, 3.8) is 0 Å². The summed E-state index contributed by atoms with van der Waals surface area (Å²) in [5.74, 6) is 1.57. The monoisotopic (exact) mass is 390 g/mol. The van der Waals surface area contributed by atoms with Crippen LogP contribution in [0.15, 0.2) is 23.3 Å². The Morgan fingerprint density at radius 3 is 2.70 bits per heavy atom. The highest BCUT2D eigenvalue weighted by Crippen LogP contribution is 2.04. The Balaban J connectivity index is 0.00000361. The van der Waals surface area contributed by atoms with Crippen LogP contribution in [0.4, 0.5) is 0 Å². The second kappa shape index (κ2) is 10.9. The number of aliphatic imine (C=N–C) groups is 1. The molecule has 0 aliphatic carbocycles. The quantitative estimate of drug-likeness (QED) is 0.446. The molecule has 0 spiro atoms. The van der Waals surface area contributed by atoms with Gasteiger partial charge in [0, 0.05) is 19.3 Å². The van der Waals surface area contributed by atoms with Gasteiger partial charge < -0.3 is 10.6 Å². The second-order valence-electron chi connectivity index (χ2n) is 5.07. The largest absolute Gasteiger partial charge is 0.357 e. The fourth-order valence-electron chi connectivity index (χ4n) is 1.66. The lowest BCUT2D eigenvalue weighted by molar-refractivity contribution is 0.573. The number of nitrogens with one attached hydrogen (secondary N) is 2. The van der Waals surface area contributed by atoms with E-state index in [4.69, 9.17) is 0 Å². The fourth-order valence-corrected chi connectivity index (χ4v) is 1.66. The van der Waals surface area contributed by atoms with Gasteiger partial charge in [0.15, 0.2) is 5.96 Å². The van der Waals surface area contributed by atoms with Crippen LogP contribution in [0.5, 0.6) is 0 Å². The van der Waals surface area contributed by atoms with Crippen LogP contribution in [-0.2, 0) is 6.54 Å². The summed E-state index contributed by atoms with van der Waals surface area (Å²) in [7, 11) is 0. The fraction of sp³-hybridized carbons (Fsp3) is 0.600. The molecule has 0 amide bonds. The zero-order valence-electron chi connectivity index (χ0n) is 12.9. The Hall–Kier alpha value is -0.850. The molecule has 0 saturated heterocycles. The Kier molecular flexibility index (Phi) is 10.4. The van der Waals surface area contributed by atoms with Crippen LogP contribution in [0.2, 0.25) is 0 Å². The Morgan fingerprint density at radius 1 is 1.35 bits per heavy atom. The van der Waals surface area contributed by atoms with E-state index in [0.29, 0.717) is 12.5 Å². The number of pyridine rings is 1. The molecule has 0 aliphatic heterocycles. The van der Waals surface area contributed by atoms with Crippen molar-refractivity contribution in [1.82, 2.24) is 15.6 Å². The first-order chi connectivity index (χ1) is 9.13. The van der Waals surface area contributed by atoms with Gasteiger partial charge >= 0.3 is 0 Å². The van der Waals surface area contributed by atoms with Crippen LogP contribution in [-0.4, -0.2) is 24.0 Å². The highest BCUT2D eigenvalue weighted by molar-refractivity contribution is 14.0. The molecule has 4 nitrogen and oxygen atoms in total. The van der Waals surface area contributed by atoms with Gasteiger partial charge in [0.25, 0.3) is 0 Å². The van der Waals surface area contributed by atoms with Crippen molar-refractivity contribution in [1.29, 1.82) is 0 Å². The van der Waals surface area contributed by atoms with E-state index in [1.807, 2.05) is 12.3 Å². The maximum Gasteiger partial charge on any atom is 0.191 e. The summed E-state index contributed by atoms with van der Waals surface area (Å²) in [5, 5.41) is 6.61. The van der Waals surface area contributed by atoms with Crippen molar-refractivity contribution in [2.24, 2.45) is 10.9 Å². The zero-order chi connectivity index (χ0) is 14.1. The number of nitrogens with zero attached hydrogens (tertiary/aromatic N) is 2. The predicted octanol–water partition coefficient (Wildman–Crippen LogP) is 3.11. The van der Waals surface area contributed by atoms with Crippen molar-refractivity contribution in [2.75, 3.05) is 13.1 Å². The van der Waals surface area contributed by atoms with Gasteiger partial charge in [0.1, 0.15) is 0 Å². The van der Waals surface area contributed by atoms with Crippen LogP contribution in [0.3, 0.4) is 0 Å². The van der Waals surface area contributed by atoms with Crippen LogP contribution < -0.4 is 10.6 Å². The third-order valence-electron chi connectivity index (χ3n) is 2.86. The molecule has 1 aromatic rings. The molecule has 0 saturated carbocycles. The maximum absolute atomic E-state index is 4.57. The molecule has 0 bridgehead atoms. The zero-order valence-corrected chi connectivity index (χ0v) is 15.3. The minimum absolute atomic E-state index is 0. The first-order valence-corrected chi connectivity index (χ1v) is 7.06. The predicted molar refractivity (Wildman–Crippen MR) is 96.7 cm³/mol. The average molecular weight is 390 g/mol. The first kappa shape index (κ1) is 19.1. The summed E-state index contributed by atoms with van der Waals surface area (Å²) < 4.78 is 0. The molecular weight excluding hydrogens is 363 g/mol. The molecule has 0 atom stereocenters. The Bertz CT molecular complexity index is 405. The SMILES string of the molecule is CCNC(=NCc1ncccc1C)NCCC(C)C.I. The van der Waals surface area contributed by atoms with Crippen LogP contribution in [0.1, 0.15) is 38.4 Å². The lowest BCUT2D eigenvalue weighted by atomic mass is 10.1. The number of halogens is 1. The van der Waals surface area contributed by atoms with Crippen molar-refractivity contribution >= 4 is 29.9 Å². The maximum atomic E-state index is 4.57. The second-order valence-corrected chi connectivity index (χ2v) is 5.07. The van der Waals surface area contributed by atoms with Gasteiger partial charge in [-0.25, -0.2) is 4.99 Å². The number of guanidine groups is 1. The molecule has 0 aliphatic rings. The molecule has 20 heavy (non-hydrogen) atoms. The average Bonchev–Trinajstić information content (AvgIpc) is 2.37. The van der Waals surface area contributed by atoms with E-state index in [1.165, 1.54) is 5.56 Å². The lowest BCUT2D eigenvalue weighted by Gasteiger charge is -2.12. The third kappa shape index (κ3) is 7.67. The Labute approximate surface area is 139 Å². The van der Waals surface area contributed by atoms with Crippen molar-refractivity contribution in [3.05, 3.63) is 29.6 Å². The van der Waals surface area contributed by atoms with E-state index in [1.54, 1.807) is 0 Å². The highest BCUT2D eigenvalue weighted by Gasteiger charge is 2.01. The van der Waals surface area contributed by atoms with Gasteiger partial charge in [-0.15, -0.1) is 24.0 Å². The molecule has 114 valence electrons. The standard InChI is InChI=1S/C15H26N4.HI/c1-5-16-15(18-10-8-12(2)3)19-11-14-13(4)7-6-9-17-14;/h6-7,9,12H,5,8,10-11H2,1-4H3,(H2,16,18,19);1H. The van der Waals surface area contributed by atoms with Gasteiger partial charge in [-0.2, -0.15) is 0 Å². The highest BCUT2D eigenvalue weighted by atomic mass is 127. The van der Waals surface area contributed by atoms with Gasteiger partial charge in [-0.3, -0.25) is 4.98 Å². The molecular formula is C15H27IN4. The molecule has 1 rings (SSSR count). The summed E-state index contributed by atoms with van der Waals surface area (Å²) in [6.45, 7) is 11.0. The van der Waals surface area contributed by atoms with E-state index in [-0.39, 0.29) is 24.0 Å².